The second kappa shape index (κ2) is 4.61. The first-order valence-corrected chi connectivity index (χ1v) is 5.27. The number of carbonyl (C=O) groups is 2. The Morgan fingerprint density at radius 2 is 2.13 bits per heavy atom. The van der Waals surface area contributed by atoms with Gasteiger partial charge in [-0.1, -0.05) is 0 Å². The molecule has 0 aromatic heterocycles. The van der Waals surface area contributed by atoms with Crippen molar-refractivity contribution in [3.05, 3.63) is 0 Å². The summed E-state index contributed by atoms with van der Waals surface area (Å²) < 4.78 is 0. The van der Waals surface area contributed by atoms with Crippen molar-refractivity contribution in [3.8, 4) is 0 Å². The van der Waals surface area contributed by atoms with Crippen molar-refractivity contribution in [1.29, 1.82) is 0 Å². The third-order valence-corrected chi connectivity index (χ3v) is 2.86. The van der Waals surface area contributed by atoms with Gasteiger partial charge in [0.05, 0.1) is 5.54 Å². The second-order valence-corrected chi connectivity index (χ2v) is 4.17. The molecule has 5 heteroatoms. The fourth-order valence-electron chi connectivity index (χ4n) is 1.73. The van der Waals surface area contributed by atoms with Gasteiger partial charge in [0.1, 0.15) is 6.04 Å². The number of amides is 2. The molecule has 5 nitrogen and oxygen atoms in total. The SMILES string of the molecule is CNC(=O)C(C)NC(=O)C1(C)CCCN1. The number of hydrogen-bond acceptors (Lipinski definition) is 3. The number of hydrogen-bond donors (Lipinski definition) is 3. The van der Waals surface area contributed by atoms with Crippen LogP contribution in [0.4, 0.5) is 0 Å². The molecule has 2 unspecified atom stereocenters. The van der Waals surface area contributed by atoms with Crippen molar-refractivity contribution in [2.24, 2.45) is 0 Å². The van der Waals surface area contributed by atoms with Crippen LogP contribution in [0.5, 0.6) is 0 Å². The maximum absolute atomic E-state index is 11.8. The smallest absolute Gasteiger partial charge is 0.242 e. The van der Waals surface area contributed by atoms with E-state index in [1.165, 1.54) is 0 Å². The minimum absolute atomic E-state index is 0.101. The Bertz CT molecular complexity index is 259. The highest BCUT2D eigenvalue weighted by atomic mass is 16.2. The molecule has 0 aromatic carbocycles. The quantitative estimate of drug-likeness (QED) is 0.585. The molecule has 0 spiro atoms. The first-order chi connectivity index (χ1) is 6.99. The molecule has 1 saturated heterocycles. The maximum Gasteiger partial charge on any atom is 0.242 e. The Morgan fingerprint density at radius 1 is 1.47 bits per heavy atom. The summed E-state index contributed by atoms with van der Waals surface area (Å²) >= 11 is 0. The van der Waals surface area contributed by atoms with Crippen molar-refractivity contribution < 1.29 is 9.59 Å². The molecule has 0 saturated carbocycles. The minimum atomic E-state index is -0.512. The molecule has 1 heterocycles. The van der Waals surface area contributed by atoms with Gasteiger partial charge in [0.2, 0.25) is 11.8 Å². The Morgan fingerprint density at radius 3 is 2.60 bits per heavy atom. The highest BCUT2D eigenvalue weighted by Crippen LogP contribution is 2.18. The van der Waals surface area contributed by atoms with E-state index in [1.807, 2.05) is 6.92 Å². The Hall–Kier alpha value is -1.10. The standard InChI is InChI=1S/C10H19N3O2/c1-7(8(14)11-3)13-9(15)10(2)5-4-6-12-10/h7,12H,4-6H2,1-3H3,(H,11,14)(H,13,15). The average Bonchev–Trinajstić information content (AvgIpc) is 2.65. The van der Waals surface area contributed by atoms with Crippen LogP contribution in [0.25, 0.3) is 0 Å². The number of likely N-dealkylation sites (N-methyl/N-ethyl adjacent to an activating group) is 1. The zero-order valence-electron chi connectivity index (χ0n) is 9.52. The second-order valence-electron chi connectivity index (χ2n) is 4.17. The van der Waals surface area contributed by atoms with Gasteiger partial charge in [-0.3, -0.25) is 9.59 Å². The third-order valence-electron chi connectivity index (χ3n) is 2.86. The molecule has 2 amide bonds. The third kappa shape index (κ3) is 2.68. The van der Waals surface area contributed by atoms with E-state index < -0.39 is 11.6 Å². The van der Waals surface area contributed by atoms with E-state index in [1.54, 1.807) is 14.0 Å². The summed E-state index contributed by atoms with van der Waals surface area (Å²) in [6.07, 6.45) is 1.82. The van der Waals surface area contributed by atoms with E-state index in [0.29, 0.717) is 0 Å². The molecule has 3 N–H and O–H groups in total. The Labute approximate surface area is 90.0 Å². The monoisotopic (exact) mass is 213 g/mol. The molecule has 0 radical (unpaired) electrons. The lowest BCUT2D eigenvalue weighted by Gasteiger charge is -2.25. The van der Waals surface area contributed by atoms with Gasteiger partial charge in [0.25, 0.3) is 0 Å². The predicted molar refractivity (Wildman–Crippen MR) is 57.3 cm³/mol. The first kappa shape index (κ1) is 12.0. The summed E-state index contributed by atoms with van der Waals surface area (Å²) in [7, 11) is 1.56. The predicted octanol–water partition coefficient (Wildman–Crippen LogP) is -0.621. The van der Waals surface area contributed by atoms with Gasteiger partial charge < -0.3 is 16.0 Å². The summed E-state index contributed by atoms with van der Waals surface area (Å²) in [5.41, 5.74) is -0.512. The van der Waals surface area contributed by atoms with Crippen LogP contribution in [0.2, 0.25) is 0 Å². The summed E-state index contributed by atoms with van der Waals surface area (Å²) in [6.45, 7) is 4.40. The van der Waals surface area contributed by atoms with E-state index in [4.69, 9.17) is 0 Å². The van der Waals surface area contributed by atoms with Gasteiger partial charge in [-0.05, 0) is 33.2 Å². The van der Waals surface area contributed by atoms with E-state index in [0.717, 1.165) is 19.4 Å². The van der Waals surface area contributed by atoms with Crippen molar-refractivity contribution in [2.75, 3.05) is 13.6 Å². The molecule has 15 heavy (non-hydrogen) atoms. The maximum atomic E-state index is 11.8. The highest BCUT2D eigenvalue weighted by Gasteiger charge is 2.36. The molecule has 0 aromatic rings. The fraction of sp³-hybridized carbons (Fsp3) is 0.800. The summed E-state index contributed by atoms with van der Waals surface area (Å²) in [5.74, 6) is -0.277. The highest BCUT2D eigenvalue weighted by molar-refractivity contribution is 5.91. The van der Waals surface area contributed by atoms with Crippen LogP contribution in [0, 0.1) is 0 Å². The van der Waals surface area contributed by atoms with E-state index in [-0.39, 0.29) is 11.8 Å². The van der Waals surface area contributed by atoms with Crippen LogP contribution >= 0.6 is 0 Å². The molecular weight excluding hydrogens is 194 g/mol. The molecule has 1 aliphatic rings. The average molecular weight is 213 g/mol. The first-order valence-electron chi connectivity index (χ1n) is 5.27. The van der Waals surface area contributed by atoms with Crippen molar-refractivity contribution in [1.82, 2.24) is 16.0 Å². The molecule has 0 aliphatic carbocycles. The molecule has 86 valence electrons. The van der Waals surface area contributed by atoms with E-state index in [2.05, 4.69) is 16.0 Å². The lowest BCUT2D eigenvalue weighted by Crippen LogP contribution is -2.55. The fourth-order valence-corrected chi connectivity index (χ4v) is 1.73. The molecular formula is C10H19N3O2. The lowest BCUT2D eigenvalue weighted by molar-refractivity contribution is -0.131. The van der Waals surface area contributed by atoms with Crippen LogP contribution in [0.3, 0.4) is 0 Å². The van der Waals surface area contributed by atoms with Crippen molar-refractivity contribution in [3.63, 3.8) is 0 Å². The molecule has 1 rings (SSSR count). The van der Waals surface area contributed by atoms with E-state index in [9.17, 15) is 9.59 Å². The van der Waals surface area contributed by atoms with Gasteiger partial charge in [-0.2, -0.15) is 0 Å². The number of carbonyl (C=O) groups excluding carboxylic acids is 2. The lowest BCUT2D eigenvalue weighted by atomic mass is 9.99. The molecule has 2 atom stereocenters. The summed E-state index contributed by atoms with van der Waals surface area (Å²) in [5, 5.41) is 8.35. The van der Waals surface area contributed by atoms with Gasteiger partial charge in [0, 0.05) is 7.05 Å². The van der Waals surface area contributed by atoms with Gasteiger partial charge in [-0.15, -0.1) is 0 Å². The van der Waals surface area contributed by atoms with Gasteiger partial charge in [0.15, 0.2) is 0 Å². The van der Waals surface area contributed by atoms with Crippen molar-refractivity contribution >= 4 is 11.8 Å². The number of nitrogens with one attached hydrogen (secondary N) is 3. The van der Waals surface area contributed by atoms with Crippen LogP contribution < -0.4 is 16.0 Å². The molecule has 0 bridgehead atoms. The van der Waals surface area contributed by atoms with Crippen LogP contribution in [0.1, 0.15) is 26.7 Å². The Balaban J connectivity index is 2.51. The molecule has 1 aliphatic heterocycles. The zero-order chi connectivity index (χ0) is 11.5. The zero-order valence-corrected chi connectivity index (χ0v) is 9.52. The normalized spacial score (nSPS) is 27.1. The van der Waals surface area contributed by atoms with Gasteiger partial charge >= 0.3 is 0 Å². The Kier molecular flexibility index (Phi) is 3.68. The number of rotatable bonds is 3. The summed E-state index contributed by atoms with van der Waals surface area (Å²) in [6, 6.07) is -0.485. The minimum Gasteiger partial charge on any atom is -0.357 e. The van der Waals surface area contributed by atoms with Crippen LogP contribution in [0.15, 0.2) is 0 Å². The largest absolute Gasteiger partial charge is 0.357 e. The summed E-state index contributed by atoms with van der Waals surface area (Å²) in [4.78, 5) is 23.1. The van der Waals surface area contributed by atoms with Crippen LogP contribution in [-0.4, -0.2) is 37.0 Å². The van der Waals surface area contributed by atoms with E-state index >= 15 is 0 Å². The van der Waals surface area contributed by atoms with Crippen LogP contribution in [-0.2, 0) is 9.59 Å². The van der Waals surface area contributed by atoms with Gasteiger partial charge in [-0.25, -0.2) is 0 Å². The van der Waals surface area contributed by atoms with Crippen molar-refractivity contribution in [2.45, 2.75) is 38.3 Å². The topological polar surface area (TPSA) is 70.2 Å². The molecule has 1 fully saturated rings.